The van der Waals surface area contributed by atoms with Crippen LogP contribution in [0.1, 0.15) is 21.5 Å². The highest BCUT2D eigenvalue weighted by molar-refractivity contribution is 7.89. The molecule has 2 aromatic rings. The number of nitrogens with zero attached hydrogens (tertiary/aromatic N) is 2. The maximum absolute atomic E-state index is 14.0. The summed E-state index contributed by atoms with van der Waals surface area (Å²) in [6.45, 7) is 4.51. The van der Waals surface area contributed by atoms with Crippen LogP contribution in [0.5, 0.6) is 0 Å². The Morgan fingerprint density at radius 3 is 2.26 bits per heavy atom. The van der Waals surface area contributed by atoms with Crippen molar-refractivity contribution in [3.05, 3.63) is 63.9 Å². The van der Waals surface area contributed by atoms with Crippen molar-refractivity contribution < 1.29 is 17.6 Å². The first kappa shape index (κ1) is 19.8. The second-order valence-electron chi connectivity index (χ2n) is 6.57. The summed E-state index contributed by atoms with van der Waals surface area (Å²) in [6.07, 6.45) is 0. The van der Waals surface area contributed by atoms with E-state index in [1.165, 1.54) is 21.3 Å². The number of sulfonamides is 1. The van der Waals surface area contributed by atoms with E-state index in [1.807, 2.05) is 13.8 Å². The summed E-state index contributed by atoms with van der Waals surface area (Å²) < 4.78 is 41.0. The zero-order valence-electron chi connectivity index (χ0n) is 15.1. The summed E-state index contributed by atoms with van der Waals surface area (Å²) in [5.74, 6) is -1.15. The molecule has 0 radical (unpaired) electrons. The molecule has 0 aromatic heterocycles. The summed E-state index contributed by atoms with van der Waals surface area (Å²) >= 11 is 5.72. The number of carbonyl (C=O) groups is 1. The molecule has 2 aromatic carbocycles. The first-order valence-corrected chi connectivity index (χ1v) is 10.3. The molecule has 1 aliphatic heterocycles. The van der Waals surface area contributed by atoms with Crippen LogP contribution < -0.4 is 0 Å². The van der Waals surface area contributed by atoms with Crippen molar-refractivity contribution >= 4 is 27.5 Å². The van der Waals surface area contributed by atoms with Gasteiger partial charge < -0.3 is 4.90 Å². The van der Waals surface area contributed by atoms with E-state index in [0.29, 0.717) is 0 Å². The normalized spacial score (nSPS) is 15.8. The highest BCUT2D eigenvalue weighted by atomic mass is 35.5. The van der Waals surface area contributed by atoms with Crippen LogP contribution in [0.2, 0.25) is 5.02 Å². The highest BCUT2D eigenvalue weighted by Gasteiger charge is 2.31. The van der Waals surface area contributed by atoms with E-state index in [0.717, 1.165) is 17.2 Å². The van der Waals surface area contributed by atoms with Crippen LogP contribution in [0.25, 0.3) is 0 Å². The van der Waals surface area contributed by atoms with Gasteiger partial charge in [-0.2, -0.15) is 4.31 Å². The van der Waals surface area contributed by atoms with Crippen LogP contribution in [0.3, 0.4) is 0 Å². The maximum Gasteiger partial charge on any atom is 0.256 e. The molecule has 0 unspecified atom stereocenters. The van der Waals surface area contributed by atoms with Crippen LogP contribution in [0.15, 0.2) is 41.3 Å². The summed E-state index contributed by atoms with van der Waals surface area (Å²) in [6, 6.07) is 8.93. The highest BCUT2D eigenvalue weighted by Crippen LogP contribution is 2.22. The van der Waals surface area contributed by atoms with Gasteiger partial charge in [-0.05, 0) is 55.3 Å². The minimum Gasteiger partial charge on any atom is -0.336 e. The van der Waals surface area contributed by atoms with Gasteiger partial charge in [0.25, 0.3) is 5.91 Å². The van der Waals surface area contributed by atoms with Gasteiger partial charge in [0.05, 0.1) is 10.5 Å². The number of carbonyl (C=O) groups excluding carboxylic acids is 1. The van der Waals surface area contributed by atoms with E-state index in [9.17, 15) is 17.6 Å². The fraction of sp³-hybridized carbons (Fsp3) is 0.316. The SMILES string of the molecule is Cc1ccc(S(=O)(=O)N2CCN(C(=O)c3ccc(Cl)cc3F)CC2)cc1C. The zero-order valence-corrected chi connectivity index (χ0v) is 16.6. The number of hydrogen-bond acceptors (Lipinski definition) is 3. The van der Waals surface area contributed by atoms with Crippen molar-refractivity contribution in [3.63, 3.8) is 0 Å². The van der Waals surface area contributed by atoms with Crippen molar-refractivity contribution in [2.75, 3.05) is 26.2 Å². The molecule has 1 fully saturated rings. The molecule has 0 spiro atoms. The number of halogens is 2. The third-order valence-electron chi connectivity index (χ3n) is 4.80. The average Bonchev–Trinajstić information content (AvgIpc) is 2.63. The number of benzene rings is 2. The van der Waals surface area contributed by atoms with Gasteiger partial charge in [-0.25, -0.2) is 12.8 Å². The molecule has 0 N–H and O–H groups in total. The monoisotopic (exact) mass is 410 g/mol. The number of amides is 1. The summed E-state index contributed by atoms with van der Waals surface area (Å²) in [4.78, 5) is 14.2. The van der Waals surface area contributed by atoms with E-state index in [4.69, 9.17) is 11.6 Å². The molecular formula is C19H20ClFN2O3S. The Balaban J connectivity index is 1.72. The molecule has 1 aliphatic rings. The van der Waals surface area contributed by atoms with Crippen LogP contribution in [-0.2, 0) is 10.0 Å². The molecule has 27 heavy (non-hydrogen) atoms. The molecular weight excluding hydrogens is 391 g/mol. The van der Waals surface area contributed by atoms with Crippen molar-refractivity contribution in [1.82, 2.24) is 9.21 Å². The molecule has 1 heterocycles. The Morgan fingerprint density at radius 2 is 1.67 bits per heavy atom. The number of rotatable bonds is 3. The summed E-state index contributed by atoms with van der Waals surface area (Å²) in [5, 5.41) is 0.216. The number of aryl methyl sites for hydroxylation is 2. The lowest BCUT2D eigenvalue weighted by Crippen LogP contribution is -2.50. The van der Waals surface area contributed by atoms with Gasteiger partial charge >= 0.3 is 0 Å². The lowest BCUT2D eigenvalue weighted by Gasteiger charge is -2.34. The predicted molar refractivity (Wildman–Crippen MR) is 102 cm³/mol. The number of hydrogen-bond donors (Lipinski definition) is 0. The Labute approximate surface area is 163 Å². The molecule has 0 saturated carbocycles. The van der Waals surface area contributed by atoms with Crippen LogP contribution in [0, 0.1) is 19.7 Å². The number of piperazine rings is 1. The standard InChI is InChI=1S/C19H20ClFN2O3S/c1-13-3-5-16(11-14(13)2)27(25,26)23-9-7-22(8-10-23)19(24)17-6-4-15(20)12-18(17)21/h3-6,11-12H,7-10H2,1-2H3. The van der Waals surface area contributed by atoms with E-state index >= 15 is 0 Å². The van der Waals surface area contributed by atoms with Gasteiger partial charge in [-0.1, -0.05) is 17.7 Å². The Bertz CT molecular complexity index is 986. The van der Waals surface area contributed by atoms with Crippen molar-refractivity contribution in [1.29, 1.82) is 0 Å². The zero-order chi connectivity index (χ0) is 19.8. The minimum atomic E-state index is -3.62. The van der Waals surface area contributed by atoms with E-state index in [1.54, 1.807) is 18.2 Å². The molecule has 3 rings (SSSR count). The second kappa shape index (κ2) is 7.58. The minimum absolute atomic E-state index is 0.0649. The second-order valence-corrected chi connectivity index (χ2v) is 8.94. The molecule has 0 aliphatic carbocycles. The predicted octanol–water partition coefficient (Wildman–Crippen LogP) is 3.24. The summed E-state index contributed by atoms with van der Waals surface area (Å²) in [5.41, 5.74) is 1.86. The van der Waals surface area contributed by atoms with Gasteiger partial charge in [0.1, 0.15) is 5.82 Å². The fourth-order valence-electron chi connectivity index (χ4n) is 2.99. The van der Waals surface area contributed by atoms with Gasteiger partial charge in [-0.3, -0.25) is 4.79 Å². The van der Waals surface area contributed by atoms with Crippen molar-refractivity contribution in [2.45, 2.75) is 18.7 Å². The van der Waals surface area contributed by atoms with E-state index < -0.39 is 21.7 Å². The average molecular weight is 411 g/mol. The van der Waals surface area contributed by atoms with E-state index in [2.05, 4.69) is 0 Å². The molecule has 8 heteroatoms. The lowest BCUT2D eigenvalue weighted by atomic mass is 10.1. The van der Waals surface area contributed by atoms with Crippen molar-refractivity contribution in [3.8, 4) is 0 Å². The Hall–Kier alpha value is -1.96. The van der Waals surface area contributed by atoms with Gasteiger partial charge in [0.2, 0.25) is 10.0 Å². The van der Waals surface area contributed by atoms with Gasteiger partial charge in [0, 0.05) is 31.2 Å². The topological polar surface area (TPSA) is 57.7 Å². The first-order chi connectivity index (χ1) is 12.7. The lowest BCUT2D eigenvalue weighted by molar-refractivity contribution is 0.0693. The van der Waals surface area contributed by atoms with Crippen LogP contribution in [-0.4, -0.2) is 49.7 Å². The van der Waals surface area contributed by atoms with Gasteiger partial charge in [-0.15, -0.1) is 0 Å². The summed E-state index contributed by atoms with van der Waals surface area (Å²) in [7, 11) is -3.62. The third-order valence-corrected chi connectivity index (χ3v) is 6.93. The fourth-order valence-corrected chi connectivity index (χ4v) is 4.65. The molecule has 1 saturated heterocycles. The molecule has 1 amide bonds. The molecule has 5 nitrogen and oxygen atoms in total. The smallest absolute Gasteiger partial charge is 0.256 e. The molecule has 0 atom stereocenters. The molecule has 0 bridgehead atoms. The maximum atomic E-state index is 14.0. The quantitative estimate of drug-likeness (QED) is 0.780. The van der Waals surface area contributed by atoms with Crippen LogP contribution >= 0.6 is 11.6 Å². The van der Waals surface area contributed by atoms with Crippen LogP contribution in [0.4, 0.5) is 4.39 Å². The first-order valence-electron chi connectivity index (χ1n) is 8.52. The van der Waals surface area contributed by atoms with E-state index in [-0.39, 0.29) is 41.7 Å². The van der Waals surface area contributed by atoms with Gasteiger partial charge in [0.15, 0.2) is 0 Å². The Morgan fingerprint density at radius 1 is 1.00 bits per heavy atom. The largest absolute Gasteiger partial charge is 0.336 e. The van der Waals surface area contributed by atoms with Crippen molar-refractivity contribution in [2.24, 2.45) is 0 Å². The molecule has 144 valence electrons. The Kier molecular flexibility index (Phi) is 5.55. The third kappa shape index (κ3) is 4.00.